The fraction of sp³-hybridized carbons (Fsp3) is 0.320. The Morgan fingerprint density at radius 2 is 1.75 bits per heavy atom. The molecule has 1 amide bonds. The Morgan fingerprint density at radius 1 is 1.00 bits per heavy atom. The van der Waals surface area contributed by atoms with Gasteiger partial charge in [-0.25, -0.2) is 0 Å². The minimum Gasteiger partial charge on any atom is -0.496 e. The highest BCUT2D eigenvalue weighted by atomic mass is 16.5. The lowest BCUT2D eigenvalue weighted by Crippen LogP contribution is -2.23. The molecular formula is C25H29NO6. The lowest BCUT2D eigenvalue weighted by Gasteiger charge is -2.11. The van der Waals surface area contributed by atoms with Crippen LogP contribution in [0.4, 0.5) is 0 Å². The smallest absolute Gasteiger partial charge is 0.244 e. The van der Waals surface area contributed by atoms with E-state index < -0.39 is 0 Å². The van der Waals surface area contributed by atoms with Gasteiger partial charge in [0, 0.05) is 48.9 Å². The molecule has 0 saturated heterocycles. The molecule has 0 spiro atoms. The quantitative estimate of drug-likeness (QED) is 0.365. The van der Waals surface area contributed by atoms with E-state index in [2.05, 4.69) is 5.32 Å². The van der Waals surface area contributed by atoms with Gasteiger partial charge in [0.15, 0.2) is 11.5 Å². The third-order valence-electron chi connectivity index (χ3n) is 5.19. The molecule has 1 heterocycles. The Bertz CT molecular complexity index is 1120. The fourth-order valence-electron chi connectivity index (χ4n) is 3.51. The van der Waals surface area contributed by atoms with Crippen molar-refractivity contribution in [2.45, 2.75) is 13.3 Å². The highest BCUT2D eigenvalue weighted by Gasteiger charge is 2.16. The van der Waals surface area contributed by atoms with Crippen LogP contribution in [0.2, 0.25) is 0 Å². The molecular weight excluding hydrogens is 410 g/mol. The van der Waals surface area contributed by atoms with Crippen molar-refractivity contribution in [3.8, 4) is 28.4 Å². The second kappa shape index (κ2) is 10.7. The Kier molecular flexibility index (Phi) is 7.78. The lowest BCUT2D eigenvalue weighted by atomic mass is 9.99. The second-order valence-corrected chi connectivity index (χ2v) is 7.23. The minimum atomic E-state index is -0.159. The van der Waals surface area contributed by atoms with Crippen LogP contribution >= 0.6 is 0 Å². The third kappa shape index (κ3) is 5.06. The van der Waals surface area contributed by atoms with Gasteiger partial charge in [-0.05, 0) is 42.7 Å². The SMILES string of the molecule is COCCCNC(=O)/C=C(\C)c1cc2c(-c3ccc(OC)c(OC)c3)coc2cc1OC. The number of ether oxygens (including phenoxy) is 4. The van der Waals surface area contributed by atoms with Gasteiger partial charge in [0.2, 0.25) is 5.91 Å². The summed E-state index contributed by atoms with van der Waals surface area (Å²) >= 11 is 0. The molecule has 0 aliphatic rings. The van der Waals surface area contributed by atoms with Crippen molar-refractivity contribution in [1.29, 1.82) is 0 Å². The first-order valence-corrected chi connectivity index (χ1v) is 10.3. The highest BCUT2D eigenvalue weighted by Crippen LogP contribution is 2.39. The number of allylic oxidation sites excluding steroid dienone is 1. The third-order valence-corrected chi connectivity index (χ3v) is 5.19. The number of carbonyl (C=O) groups excluding carboxylic acids is 1. The summed E-state index contributed by atoms with van der Waals surface area (Å²) in [4.78, 5) is 12.3. The number of furan rings is 1. The number of hydrogen-bond acceptors (Lipinski definition) is 6. The van der Waals surface area contributed by atoms with E-state index in [4.69, 9.17) is 23.4 Å². The van der Waals surface area contributed by atoms with Crippen molar-refractivity contribution in [3.63, 3.8) is 0 Å². The van der Waals surface area contributed by atoms with E-state index in [1.807, 2.05) is 37.3 Å². The first-order chi connectivity index (χ1) is 15.5. The molecule has 0 saturated carbocycles. The van der Waals surface area contributed by atoms with E-state index in [1.165, 1.54) is 0 Å². The van der Waals surface area contributed by atoms with Gasteiger partial charge in [0.05, 0.1) is 27.6 Å². The van der Waals surface area contributed by atoms with Crippen LogP contribution in [0.3, 0.4) is 0 Å². The lowest BCUT2D eigenvalue weighted by molar-refractivity contribution is -0.116. The van der Waals surface area contributed by atoms with Crippen LogP contribution in [-0.2, 0) is 9.53 Å². The highest BCUT2D eigenvalue weighted by molar-refractivity contribution is 6.00. The van der Waals surface area contributed by atoms with Crippen LogP contribution in [-0.4, -0.2) is 47.5 Å². The molecule has 0 unspecified atom stereocenters. The monoisotopic (exact) mass is 439 g/mol. The van der Waals surface area contributed by atoms with Crippen LogP contribution < -0.4 is 19.5 Å². The molecule has 170 valence electrons. The summed E-state index contributed by atoms with van der Waals surface area (Å²) in [7, 11) is 6.44. The molecule has 1 N–H and O–H groups in total. The van der Waals surface area contributed by atoms with Gasteiger partial charge < -0.3 is 28.7 Å². The molecule has 32 heavy (non-hydrogen) atoms. The molecule has 0 atom stereocenters. The molecule has 0 aliphatic carbocycles. The summed E-state index contributed by atoms with van der Waals surface area (Å²) < 4.78 is 27.2. The molecule has 0 radical (unpaired) electrons. The largest absolute Gasteiger partial charge is 0.496 e. The molecule has 7 nitrogen and oxygen atoms in total. The molecule has 1 aromatic heterocycles. The second-order valence-electron chi connectivity index (χ2n) is 7.23. The van der Waals surface area contributed by atoms with Gasteiger partial charge >= 0.3 is 0 Å². The zero-order chi connectivity index (χ0) is 23.1. The van der Waals surface area contributed by atoms with Crippen LogP contribution in [0.25, 0.3) is 27.7 Å². The topological polar surface area (TPSA) is 79.2 Å². The maximum absolute atomic E-state index is 12.3. The van der Waals surface area contributed by atoms with Crippen LogP contribution in [0.5, 0.6) is 17.2 Å². The van der Waals surface area contributed by atoms with Gasteiger partial charge in [0.25, 0.3) is 0 Å². The van der Waals surface area contributed by atoms with Gasteiger partial charge in [-0.1, -0.05) is 6.07 Å². The van der Waals surface area contributed by atoms with Crippen molar-refractivity contribution in [2.24, 2.45) is 0 Å². The summed E-state index contributed by atoms with van der Waals surface area (Å²) in [5, 5.41) is 3.77. The van der Waals surface area contributed by atoms with Gasteiger partial charge in [-0.2, -0.15) is 0 Å². The van der Waals surface area contributed by atoms with Crippen molar-refractivity contribution in [1.82, 2.24) is 5.32 Å². The fourth-order valence-corrected chi connectivity index (χ4v) is 3.51. The molecule has 7 heteroatoms. The predicted octanol–water partition coefficient (Wildman–Crippen LogP) is 4.68. The average molecular weight is 440 g/mol. The number of rotatable bonds is 10. The zero-order valence-electron chi connectivity index (χ0n) is 19.1. The summed E-state index contributed by atoms with van der Waals surface area (Å²) in [6.45, 7) is 3.04. The van der Waals surface area contributed by atoms with Crippen molar-refractivity contribution < 1.29 is 28.2 Å². The summed E-state index contributed by atoms with van der Waals surface area (Å²) in [6.07, 6.45) is 4.04. The van der Waals surface area contributed by atoms with Crippen molar-refractivity contribution in [3.05, 3.63) is 48.2 Å². The van der Waals surface area contributed by atoms with E-state index in [0.717, 1.165) is 34.1 Å². The van der Waals surface area contributed by atoms with Crippen molar-refractivity contribution >= 4 is 22.4 Å². The summed E-state index contributed by atoms with van der Waals surface area (Å²) in [5.74, 6) is 1.76. The Morgan fingerprint density at radius 3 is 2.44 bits per heavy atom. The number of carbonyl (C=O) groups is 1. The van der Waals surface area contributed by atoms with E-state index in [1.54, 1.807) is 40.8 Å². The van der Waals surface area contributed by atoms with E-state index in [0.29, 0.717) is 36.0 Å². The van der Waals surface area contributed by atoms with Gasteiger partial charge in [-0.3, -0.25) is 4.79 Å². The molecule has 0 bridgehead atoms. The summed E-state index contributed by atoms with van der Waals surface area (Å²) in [5.41, 5.74) is 4.12. The molecule has 2 aromatic carbocycles. The molecule has 3 rings (SSSR count). The Hall–Kier alpha value is -3.45. The number of nitrogens with one attached hydrogen (secondary N) is 1. The van der Waals surface area contributed by atoms with Crippen LogP contribution in [0.1, 0.15) is 18.9 Å². The number of hydrogen-bond donors (Lipinski definition) is 1. The number of amides is 1. The maximum atomic E-state index is 12.3. The standard InChI is InChI=1S/C25H29NO6/c1-16(11-25(27)26-9-6-10-28-2)18-13-19-20(15-32-23(19)14-22(18)30-4)17-7-8-21(29-3)24(12-17)31-5/h7-8,11-15H,6,9-10H2,1-5H3,(H,26,27)/b16-11+. The molecule has 0 aliphatic heterocycles. The van der Waals surface area contributed by atoms with E-state index in [9.17, 15) is 4.79 Å². The first-order valence-electron chi connectivity index (χ1n) is 10.3. The molecule has 0 fully saturated rings. The predicted molar refractivity (Wildman–Crippen MR) is 124 cm³/mol. The maximum Gasteiger partial charge on any atom is 0.244 e. The van der Waals surface area contributed by atoms with Gasteiger partial charge in [-0.15, -0.1) is 0 Å². The van der Waals surface area contributed by atoms with Crippen LogP contribution in [0.15, 0.2) is 47.1 Å². The normalized spacial score (nSPS) is 11.5. The van der Waals surface area contributed by atoms with E-state index in [-0.39, 0.29) is 5.91 Å². The van der Waals surface area contributed by atoms with Crippen molar-refractivity contribution in [2.75, 3.05) is 41.6 Å². The minimum absolute atomic E-state index is 0.159. The summed E-state index contributed by atoms with van der Waals surface area (Å²) in [6, 6.07) is 9.53. The number of methoxy groups -OCH3 is 4. The van der Waals surface area contributed by atoms with Gasteiger partial charge in [0.1, 0.15) is 11.3 Å². The van der Waals surface area contributed by atoms with E-state index >= 15 is 0 Å². The first kappa shape index (κ1) is 23.2. The van der Waals surface area contributed by atoms with Crippen LogP contribution in [0, 0.1) is 0 Å². The Balaban J connectivity index is 1.98. The zero-order valence-corrected chi connectivity index (χ0v) is 19.1. The number of benzene rings is 2. The Labute approximate surface area is 187 Å². The average Bonchev–Trinajstić information content (AvgIpc) is 3.23. The molecule has 3 aromatic rings. The number of fused-ring (bicyclic) bond motifs is 1.